The van der Waals surface area contributed by atoms with Crippen molar-refractivity contribution in [2.45, 2.75) is 39.2 Å². The molecule has 4 heteroatoms. The lowest BCUT2D eigenvalue weighted by atomic mass is 9.99. The molecule has 3 nitrogen and oxygen atoms in total. The third-order valence-electron chi connectivity index (χ3n) is 3.41. The SMILES string of the molecule is Cc1ccc(-c2nc(Br)c3n2CCCC3C)o1. The normalized spacial score (nSPS) is 19.4. The molecule has 0 saturated heterocycles. The molecular weight excluding hydrogens is 280 g/mol. The van der Waals surface area contributed by atoms with E-state index >= 15 is 0 Å². The molecule has 1 aliphatic rings. The number of aromatic nitrogens is 2. The van der Waals surface area contributed by atoms with E-state index in [1.807, 2.05) is 19.1 Å². The first-order valence-corrected chi connectivity index (χ1v) is 6.79. The van der Waals surface area contributed by atoms with Crippen molar-refractivity contribution in [1.29, 1.82) is 0 Å². The Hall–Kier alpha value is -1.03. The van der Waals surface area contributed by atoms with Gasteiger partial charge in [-0.25, -0.2) is 4.98 Å². The van der Waals surface area contributed by atoms with Crippen LogP contribution in [-0.4, -0.2) is 9.55 Å². The van der Waals surface area contributed by atoms with Gasteiger partial charge in [-0.05, 0) is 53.7 Å². The maximum atomic E-state index is 5.68. The predicted octanol–water partition coefficient (Wildman–Crippen LogP) is 4.11. The molecule has 1 aliphatic heterocycles. The van der Waals surface area contributed by atoms with Gasteiger partial charge in [0.05, 0.1) is 5.69 Å². The van der Waals surface area contributed by atoms with Crippen LogP contribution >= 0.6 is 15.9 Å². The highest BCUT2D eigenvalue weighted by Gasteiger charge is 2.25. The molecule has 1 atom stereocenters. The average molecular weight is 295 g/mol. The predicted molar refractivity (Wildman–Crippen MR) is 70.0 cm³/mol. The van der Waals surface area contributed by atoms with Crippen LogP contribution in [-0.2, 0) is 6.54 Å². The summed E-state index contributed by atoms with van der Waals surface area (Å²) in [6.45, 7) is 5.25. The zero-order chi connectivity index (χ0) is 12.0. The lowest BCUT2D eigenvalue weighted by Crippen LogP contribution is -2.14. The molecule has 2 aromatic rings. The number of nitrogens with zero attached hydrogens (tertiary/aromatic N) is 2. The highest BCUT2D eigenvalue weighted by atomic mass is 79.9. The highest BCUT2D eigenvalue weighted by Crippen LogP contribution is 2.36. The smallest absolute Gasteiger partial charge is 0.177 e. The second-order valence-electron chi connectivity index (χ2n) is 4.72. The Labute approximate surface area is 109 Å². The molecule has 0 amide bonds. The van der Waals surface area contributed by atoms with Gasteiger partial charge in [-0.15, -0.1) is 0 Å². The molecular formula is C13H15BrN2O. The van der Waals surface area contributed by atoms with E-state index in [-0.39, 0.29) is 0 Å². The number of rotatable bonds is 1. The molecule has 0 aliphatic carbocycles. The third kappa shape index (κ3) is 1.75. The van der Waals surface area contributed by atoms with Crippen molar-refractivity contribution in [3.63, 3.8) is 0 Å². The van der Waals surface area contributed by atoms with E-state index < -0.39 is 0 Å². The molecule has 90 valence electrons. The second kappa shape index (κ2) is 4.02. The highest BCUT2D eigenvalue weighted by molar-refractivity contribution is 9.10. The minimum atomic E-state index is 0.565. The van der Waals surface area contributed by atoms with Crippen molar-refractivity contribution in [1.82, 2.24) is 9.55 Å². The molecule has 3 rings (SSSR count). The van der Waals surface area contributed by atoms with Gasteiger partial charge < -0.3 is 8.98 Å². The Bertz CT molecular complexity index is 556. The largest absolute Gasteiger partial charge is 0.458 e. The molecule has 2 aromatic heterocycles. The first kappa shape index (κ1) is 11.1. The number of aryl methyl sites for hydroxylation is 1. The second-order valence-corrected chi connectivity index (χ2v) is 5.47. The van der Waals surface area contributed by atoms with Crippen molar-refractivity contribution in [3.05, 3.63) is 28.2 Å². The van der Waals surface area contributed by atoms with Gasteiger partial charge in [0, 0.05) is 6.54 Å². The fourth-order valence-corrected chi connectivity index (χ4v) is 3.34. The number of fused-ring (bicyclic) bond motifs is 1. The molecule has 0 radical (unpaired) electrons. The molecule has 0 aromatic carbocycles. The monoisotopic (exact) mass is 294 g/mol. The molecule has 0 spiro atoms. The fourth-order valence-electron chi connectivity index (χ4n) is 2.57. The summed E-state index contributed by atoms with van der Waals surface area (Å²) in [5, 5.41) is 0. The summed E-state index contributed by atoms with van der Waals surface area (Å²) in [6.07, 6.45) is 2.45. The van der Waals surface area contributed by atoms with Gasteiger partial charge in [0.25, 0.3) is 0 Å². The van der Waals surface area contributed by atoms with E-state index in [1.54, 1.807) is 0 Å². The van der Waals surface area contributed by atoms with Gasteiger partial charge in [0.15, 0.2) is 11.6 Å². The van der Waals surface area contributed by atoms with Gasteiger partial charge in [-0.3, -0.25) is 0 Å². The van der Waals surface area contributed by atoms with Gasteiger partial charge in [0.2, 0.25) is 0 Å². The summed E-state index contributed by atoms with van der Waals surface area (Å²) in [4.78, 5) is 4.61. The van der Waals surface area contributed by atoms with E-state index in [4.69, 9.17) is 4.42 Å². The van der Waals surface area contributed by atoms with Crippen LogP contribution in [0.3, 0.4) is 0 Å². The van der Waals surface area contributed by atoms with Crippen molar-refractivity contribution in [2.24, 2.45) is 0 Å². The van der Waals surface area contributed by atoms with Gasteiger partial charge in [-0.1, -0.05) is 6.92 Å². The molecule has 0 bridgehead atoms. The lowest BCUT2D eigenvalue weighted by Gasteiger charge is -2.22. The zero-order valence-corrected chi connectivity index (χ0v) is 11.6. The maximum Gasteiger partial charge on any atom is 0.177 e. The van der Waals surface area contributed by atoms with E-state index in [2.05, 4.69) is 32.4 Å². The summed E-state index contributed by atoms with van der Waals surface area (Å²) in [7, 11) is 0. The summed E-state index contributed by atoms with van der Waals surface area (Å²) < 4.78 is 8.93. The van der Waals surface area contributed by atoms with Crippen LogP contribution in [0.5, 0.6) is 0 Å². The summed E-state index contributed by atoms with van der Waals surface area (Å²) in [6, 6.07) is 3.98. The van der Waals surface area contributed by atoms with Crippen molar-refractivity contribution < 1.29 is 4.42 Å². The van der Waals surface area contributed by atoms with Crippen molar-refractivity contribution in [2.75, 3.05) is 0 Å². The van der Waals surface area contributed by atoms with E-state index in [0.29, 0.717) is 5.92 Å². The first-order chi connectivity index (χ1) is 8.16. The number of hydrogen-bond donors (Lipinski definition) is 0. The molecule has 0 fully saturated rings. The van der Waals surface area contributed by atoms with Crippen LogP contribution < -0.4 is 0 Å². The van der Waals surface area contributed by atoms with Gasteiger partial charge >= 0.3 is 0 Å². The van der Waals surface area contributed by atoms with E-state index in [0.717, 1.165) is 28.5 Å². The first-order valence-electron chi connectivity index (χ1n) is 5.99. The van der Waals surface area contributed by atoms with Crippen molar-refractivity contribution in [3.8, 4) is 11.6 Å². The number of halogens is 1. The van der Waals surface area contributed by atoms with E-state index in [1.165, 1.54) is 18.5 Å². The lowest BCUT2D eigenvalue weighted by molar-refractivity contribution is 0.468. The number of imidazole rings is 1. The van der Waals surface area contributed by atoms with Crippen LogP contribution in [0.25, 0.3) is 11.6 Å². The molecule has 3 heterocycles. The summed E-state index contributed by atoms with van der Waals surface area (Å²) in [5.74, 6) is 3.31. The Morgan fingerprint density at radius 2 is 2.29 bits per heavy atom. The molecule has 17 heavy (non-hydrogen) atoms. The quantitative estimate of drug-likeness (QED) is 0.792. The minimum Gasteiger partial charge on any atom is -0.458 e. The van der Waals surface area contributed by atoms with Gasteiger partial charge in [0.1, 0.15) is 10.4 Å². The van der Waals surface area contributed by atoms with Crippen LogP contribution in [0.4, 0.5) is 0 Å². The average Bonchev–Trinajstić information content (AvgIpc) is 2.84. The summed E-state index contributed by atoms with van der Waals surface area (Å²) >= 11 is 3.57. The van der Waals surface area contributed by atoms with Crippen molar-refractivity contribution >= 4 is 15.9 Å². The molecule has 0 N–H and O–H groups in total. The Kier molecular flexibility index (Phi) is 2.62. The minimum absolute atomic E-state index is 0.565. The number of hydrogen-bond acceptors (Lipinski definition) is 2. The Morgan fingerprint density at radius 3 is 3.00 bits per heavy atom. The third-order valence-corrected chi connectivity index (χ3v) is 3.99. The van der Waals surface area contributed by atoms with Crippen LogP contribution in [0.15, 0.2) is 21.2 Å². The Balaban J connectivity index is 2.16. The van der Waals surface area contributed by atoms with Crippen LogP contribution in [0, 0.1) is 6.92 Å². The zero-order valence-electron chi connectivity index (χ0n) is 10.0. The summed E-state index contributed by atoms with van der Waals surface area (Å²) in [5.41, 5.74) is 1.31. The molecule has 0 saturated carbocycles. The molecule has 1 unspecified atom stereocenters. The van der Waals surface area contributed by atoms with Crippen LogP contribution in [0.1, 0.15) is 37.1 Å². The fraction of sp³-hybridized carbons (Fsp3) is 0.462. The topological polar surface area (TPSA) is 31.0 Å². The van der Waals surface area contributed by atoms with Crippen LogP contribution in [0.2, 0.25) is 0 Å². The van der Waals surface area contributed by atoms with E-state index in [9.17, 15) is 0 Å². The Morgan fingerprint density at radius 1 is 1.47 bits per heavy atom. The van der Waals surface area contributed by atoms with Gasteiger partial charge in [-0.2, -0.15) is 0 Å². The standard InChI is InChI=1S/C13H15BrN2O/c1-8-4-3-7-16-11(8)12(14)15-13(16)10-6-5-9(2)17-10/h5-6,8H,3-4,7H2,1-2H3. The number of furan rings is 1. The maximum absolute atomic E-state index is 5.68.